The number of nitrogen functional groups attached to an aromatic ring is 1. The van der Waals surface area contributed by atoms with E-state index in [9.17, 15) is 0 Å². The third-order valence-corrected chi connectivity index (χ3v) is 1.64. The molecule has 7 nitrogen and oxygen atoms in total. The zero-order valence-electron chi connectivity index (χ0n) is 7.73. The van der Waals surface area contributed by atoms with Crippen LogP contribution < -0.4 is 16.2 Å². The van der Waals surface area contributed by atoms with Gasteiger partial charge in [-0.15, -0.1) is 20.4 Å². The highest BCUT2D eigenvalue weighted by atomic mass is 15.5. The zero-order valence-corrected chi connectivity index (χ0v) is 7.73. The molecule has 13 heavy (non-hydrogen) atoms. The van der Waals surface area contributed by atoms with Crippen LogP contribution >= 0.6 is 0 Å². The molecule has 0 bridgehead atoms. The maximum atomic E-state index is 5.07. The second kappa shape index (κ2) is 4.51. The van der Waals surface area contributed by atoms with Crippen molar-refractivity contribution in [1.82, 2.24) is 20.4 Å². The lowest BCUT2D eigenvalue weighted by Gasteiger charge is -2.16. The van der Waals surface area contributed by atoms with E-state index >= 15 is 0 Å². The van der Waals surface area contributed by atoms with Crippen molar-refractivity contribution in [3.05, 3.63) is 0 Å². The molecule has 7 heteroatoms. The third kappa shape index (κ3) is 2.22. The molecule has 0 atom stereocenters. The van der Waals surface area contributed by atoms with E-state index in [1.165, 1.54) is 0 Å². The van der Waals surface area contributed by atoms with E-state index in [0.717, 1.165) is 13.1 Å². The van der Waals surface area contributed by atoms with Crippen LogP contribution in [0.25, 0.3) is 0 Å². The lowest BCUT2D eigenvalue weighted by atomic mass is 10.5. The Morgan fingerprint density at radius 1 is 1.15 bits per heavy atom. The van der Waals surface area contributed by atoms with Crippen molar-refractivity contribution in [3.8, 4) is 0 Å². The van der Waals surface area contributed by atoms with Crippen molar-refractivity contribution >= 4 is 11.9 Å². The van der Waals surface area contributed by atoms with Crippen LogP contribution in [-0.4, -0.2) is 33.5 Å². The van der Waals surface area contributed by atoms with Crippen molar-refractivity contribution in [2.75, 3.05) is 23.4 Å². The van der Waals surface area contributed by atoms with E-state index in [2.05, 4.69) is 25.8 Å². The highest BCUT2D eigenvalue weighted by Gasteiger charge is 2.05. The summed E-state index contributed by atoms with van der Waals surface area (Å²) < 4.78 is 0. The van der Waals surface area contributed by atoms with Crippen LogP contribution in [0.1, 0.15) is 13.8 Å². The first-order chi connectivity index (χ1) is 6.31. The summed E-state index contributed by atoms with van der Waals surface area (Å²) in [5.41, 5.74) is 2.26. The molecule has 0 fully saturated rings. The Bertz CT molecular complexity index is 242. The largest absolute Gasteiger partial charge is 0.339 e. The predicted octanol–water partition coefficient (Wildman–Crippen LogP) is -0.602. The first-order valence-corrected chi connectivity index (χ1v) is 4.10. The van der Waals surface area contributed by atoms with Crippen LogP contribution in [-0.2, 0) is 0 Å². The lowest BCUT2D eigenvalue weighted by Crippen LogP contribution is -2.25. The monoisotopic (exact) mass is 183 g/mol. The van der Waals surface area contributed by atoms with Crippen LogP contribution in [0.15, 0.2) is 0 Å². The van der Waals surface area contributed by atoms with Gasteiger partial charge in [0.25, 0.3) is 11.9 Å². The van der Waals surface area contributed by atoms with E-state index in [4.69, 9.17) is 5.84 Å². The number of aromatic nitrogens is 4. The number of nitrogens with one attached hydrogen (secondary N) is 1. The minimum atomic E-state index is 0.218. The molecule has 0 radical (unpaired) electrons. The number of rotatable bonds is 4. The average molecular weight is 183 g/mol. The number of hydrazine groups is 1. The molecule has 0 aliphatic carbocycles. The van der Waals surface area contributed by atoms with Crippen molar-refractivity contribution in [1.29, 1.82) is 0 Å². The minimum Gasteiger partial charge on any atom is -0.339 e. The van der Waals surface area contributed by atoms with Crippen LogP contribution in [0, 0.1) is 0 Å². The molecule has 1 heterocycles. The average Bonchev–Trinajstić information content (AvgIpc) is 2.21. The van der Waals surface area contributed by atoms with Gasteiger partial charge in [-0.05, 0) is 13.8 Å². The van der Waals surface area contributed by atoms with Gasteiger partial charge in [0.15, 0.2) is 0 Å². The molecule has 0 aliphatic heterocycles. The summed E-state index contributed by atoms with van der Waals surface area (Å²) in [6.45, 7) is 5.69. The van der Waals surface area contributed by atoms with Crippen molar-refractivity contribution in [3.63, 3.8) is 0 Å². The fourth-order valence-electron chi connectivity index (χ4n) is 0.915. The van der Waals surface area contributed by atoms with Gasteiger partial charge in [-0.3, -0.25) is 5.43 Å². The molecule has 1 aromatic heterocycles. The summed E-state index contributed by atoms with van der Waals surface area (Å²) >= 11 is 0. The molecule has 1 aromatic rings. The Balaban J connectivity index is 2.78. The smallest absolute Gasteiger partial charge is 0.276 e. The summed E-state index contributed by atoms with van der Waals surface area (Å²) in [5, 5.41) is 15.1. The number of nitrogens with two attached hydrogens (primary N) is 1. The predicted molar refractivity (Wildman–Crippen MR) is 49.0 cm³/mol. The molecule has 0 aliphatic rings. The van der Waals surface area contributed by atoms with E-state index in [0.29, 0.717) is 5.95 Å². The summed E-state index contributed by atoms with van der Waals surface area (Å²) in [6.07, 6.45) is 0. The Kier molecular flexibility index (Phi) is 3.32. The molecule has 0 amide bonds. The van der Waals surface area contributed by atoms with Crippen LogP contribution in [0.3, 0.4) is 0 Å². The Hall–Kier alpha value is -1.50. The Morgan fingerprint density at radius 3 is 2.08 bits per heavy atom. The Labute approximate surface area is 76.3 Å². The van der Waals surface area contributed by atoms with Crippen LogP contribution in [0.4, 0.5) is 11.9 Å². The van der Waals surface area contributed by atoms with Crippen molar-refractivity contribution < 1.29 is 0 Å². The second-order valence-electron chi connectivity index (χ2n) is 2.34. The SMILES string of the molecule is CCN(CC)c1nnc(NN)nn1. The van der Waals surface area contributed by atoms with Gasteiger partial charge < -0.3 is 4.90 Å². The molecule has 3 N–H and O–H groups in total. The summed E-state index contributed by atoms with van der Waals surface area (Å²) in [6, 6.07) is 0. The number of hydrogen-bond donors (Lipinski definition) is 2. The summed E-state index contributed by atoms with van der Waals surface area (Å²) in [7, 11) is 0. The maximum absolute atomic E-state index is 5.07. The fourth-order valence-corrected chi connectivity index (χ4v) is 0.915. The first kappa shape index (κ1) is 9.59. The van der Waals surface area contributed by atoms with Gasteiger partial charge in [0.1, 0.15) is 0 Å². The number of nitrogens with zero attached hydrogens (tertiary/aromatic N) is 5. The van der Waals surface area contributed by atoms with Gasteiger partial charge in [-0.25, -0.2) is 5.84 Å². The fraction of sp³-hybridized carbons (Fsp3) is 0.667. The van der Waals surface area contributed by atoms with Gasteiger partial charge >= 0.3 is 0 Å². The molecule has 0 saturated heterocycles. The Morgan fingerprint density at radius 2 is 1.69 bits per heavy atom. The molecule has 72 valence electrons. The standard InChI is InChI=1S/C6H13N7/c1-3-13(4-2)6-11-9-5(8-7)10-12-6/h3-4,7H2,1-2H3,(H,8,9,10). The van der Waals surface area contributed by atoms with Crippen LogP contribution in [0.5, 0.6) is 0 Å². The molecular formula is C6H13N7. The number of hydrogen-bond acceptors (Lipinski definition) is 7. The highest BCUT2D eigenvalue weighted by Crippen LogP contribution is 2.02. The van der Waals surface area contributed by atoms with Crippen molar-refractivity contribution in [2.45, 2.75) is 13.8 Å². The molecule has 0 spiro atoms. The normalized spacial score (nSPS) is 9.77. The molecule has 0 unspecified atom stereocenters. The van der Waals surface area contributed by atoms with Gasteiger partial charge in [0.05, 0.1) is 0 Å². The summed E-state index contributed by atoms with van der Waals surface area (Å²) in [4.78, 5) is 1.94. The molecule has 0 saturated carbocycles. The molecule has 1 rings (SSSR count). The van der Waals surface area contributed by atoms with E-state index < -0.39 is 0 Å². The van der Waals surface area contributed by atoms with E-state index in [-0.39, 0.29) is 5.95 Å². The van der Waals surface area contributed by atoms with Gasteiger partial charge in [0, 0.05) is 13.1 Å². The minimum absolute atomic E-state index is 0.218. The molecule has 0 aromatic carbocycles. The van der Waals surface area contributed by atoms with Gasteiger partial charge in [0.2, 0.25) is 0 Å². The van der Waals surface area contributed by atoms with Gasteiger partial charge in [-0.2, -0.15) is 0 Å². The van der Waals surface area contributed by atoms with E-state index in [1.807, 2.05) is 18.7 Å². The third-order valence-electron chi connectivity index (χ3n) is 1.64. The summed E-state index contributed by atoms with van der Waals surface area (Å²) in [5.74, 6) is 5.81. The lowest BCUT2D eigenvalue weighted by molar-refractivity contribution is 0.757. The topological polar surface area (TPSA) is 92.9 Å². The highest BCUT2D eigenvalue weighted by molar-refractivity contribution is 5.27. The van der Waals surface area contributed by atoms with E-state index in [1.54, 1.807) is 0 Å². The zero-order chi connectivity index (χ0) is 9.68. The van der Waals surface area contributed by atoms with Crippen molar-refractivity contribution in [2.24, 2.45) is 5.84 Å². The molecular weight excluding hydrogens is 170 g/mol. The quantitative estimate of drug-likeness (QED) is 0.475. The van der Waals surface area contributed by atoms with Crippen LogP contribution in [0.2, 0.25) is 0 Å². The second-order valence-corrected chi connectivity index (χ2v) is 2.34. The maximum Gasteiger partial charge on any atom is 0.276 e. The van der Waals surface area contributed by atoms with Gasteiger partial charge in [-0.1, -0.05) is 0 Å². The number of anilines is 2. The first-order valence-electron chi connectivity index (χ1n) is 4.10.